The van der Waals surface area contributed by atoms with Crippen LogP contribution < -0.4 is 5.32 Å². The molecule has 3 atom stereocenters. The first kappa shape index (κ1) is 14.4. The van der Waals surface area contributed by atoms with Crippen LogP contribution in [0.4, 0.5) is 4.39 Å². The monoisotopic (exact) mass is 294 g/mol. The molecule has 2 heterocycles. The maximum absolute atomic E-state index is 13.1. The standard InChI is InChI=1S/C15H19FN2O3/c1-10-15(19)18(8-13-9-20-6-7-21-13)14(17-10)11-2-4-12(16)5-3-11/h2-5,10,13-14,17H,6-9H2,1H3. The van der Waals surface area contributed by atoms with Crippen LogP contribution in [0.3, 0.4) is 0 Å². The molecule has 1 N–H and O–H groups in total. The summed E-state index contributed by atoms with van der Waals surface area (Å²) in [6, 6.07) is 5.95. The topological polar surface area (TPSA) is 50.8 Å². The number of ether oxygens (including phenoxy) is 2. The van der Waals surface area contributed by atoms with Gasteiger partial charge in [-0.3, -0.25) is 10.1 Å². The Balaban J connectivity index is 1.77. The summed E-state index contributed by atoms with van der Waals surface area (Å²) < 4.78 is 24.1. The molecule has 0 radical (unpaired) electrons. The molecule has 2 fully saturated rings. The highest BCUT2D eigenvalue weighted by Gasteiger charge is 2.38. The Morgan fingerprint density at radius 3 is 2.76 bits per heavy atom. The van der Waals surface area contributed by atoms with Crippen molar-refractivity contribution in [1.82, 2.24) is 10.2 Å². The van der Waals surface area contributed by atoms with E-state index >= 15 is 0 Å². The molecule has 2 aliphatic heterocycles. The highest BCUT2D eigenvalue weighted by molar-refractivity contribution is 5.84. The smallest absolute Gasteiger partial charge is 0.241 e. The van der Waals surface area contributed by atoms with Gasteiger partial charge < -0.3 is 14.4 Å². The van der Waals surface area contributed by atoms with Crippen molar-refractivity contribution in [2.75, 3.05) is 26.4 Å². The second-order valence-electron chi connectivity index (χ2n) is 5.40. The SMILES string of the molecule is CC1NC(c2ccc(F)cc2)N(CC2COCCO2)C1=O. The molecule has 0 aromatic heterocycles. The lowest BCUT2D eigenvalue weighted by atomic mass is 10.1. The Kier molecular flexibility index (Phi) is 4.19. The zero-order valence-corrected chi connectivity index (χ0v) is 11.9. The number of amides is 1. The van der Waals surface area contributed by atoms with Crippen molar-refractivity contribution in [3.8, 4) is 0 Å². The average Bonchev–Trinajstić information content (AvgIpc) is 2.78. The third kappa shape index (κ3) is 3.07. The van der Waals surface area contributed by atoms with Crippen molar-refractivity contribution >= 4 is 5.91 Å². The fraction of sp³-hybridized carbons (Fsp3) is 0.533. The Morgan fingerprint density at radius 2 is 2.10 bits per heavy atom. The molecular weight excluding hydrogens is 275 g/mol. The first-order chi connectivity index (χ1) is 10.1. The van der Waals surface area contributed by atoms with Crippen LogP contribution in [0.5, 0.6) is 0 Å². The predicted octanol–water partition coefficient (Wildman–Crippen LogP) is 1.06. The van der Waals surface area contributed by atoms with Gasteiger partial charge in [0, 0.05) is 0 Å². The van der Waals surface area contributed by atoms with E-state index in [1.807, 2.05) is 6.92 Å². The van der Waals surface area contributed by atoms with Gasteiger partial charge in [0.1, 0.15) is 12.0 Å². The van der Waals surface area contributed by atoms with Gasteiger partial charge in [-0.15, -0.1) is 0 Å². The largest absolute Gasteiger partial charge is 0.376 e. The Morgan fingerprint density at radius 1 is 1.33 bits per heavy atom. The number of benzene rings is 1. The van der Waals surface area contributed by atoms with Gasteiger partial charge in [0.25, 0.3) is 0 Å². The minimum atomic E-state index is -0.285. The molecule has 1 amide bonds. The molecule has 114 valence electrons. The number of nitrogens with one attached hydrogen (secondary N) is 1. The molecule has 21 heavy (non-hydrogen) atoms. The third-order valence-corrected chi connectivity index (χ3v) is 3.84. The van der Waals surface area contributed by atoms with Gasteiger partial charge >= 0.3 is 0 Å². The van der Waals surface area contributed by atoms with Crippen LogP contribution in [-0.2, 0) is 14.3 Å². The highest BCUT2D eigenvalue weighted by atomic mass is 19.1. The van der Waals surface area contributed by atoms with Gasteiger partial charge in [0.2, 0.25) is 5.91 Å². The zero-order valence-electron chi connectivity index (χ0n) is 11.9. The van der Waals surface area contributed by atoms with E-state index in [1.165, 1.54) is 12.1 Å². The molecule has 3 rings (SSSR count). The lowest BCUT2D eigenvalue weighted by Gasteiger charge is -2.30. The average molecular weight is 294 g/mol. The van der Waals surface area contributed by atoms with Crippen LogP contribution in [0, 0.1) is 5.82 Å². The summed E-state index contributed by atoms with van der Waals surface area (Å²) in [5.41, 5.74) is 0.867. The van der Waals surface area contributed by atoms with E-state index in [2.05, 4.69) is 5.32 Å². The van der Waals surface area contributed by atoms with E-state index in [9.17, 15) is 9.18 Å². The number of halogens is 1. The van der Waals surface area contributed by atoms with Crippen molar-refractivity contribution < 1.29 is 18.7 Å². The number of carbonyl (C=O) groups excluding carboxylic acids is 1. The highest BCUT2D eigenvalue weighted by Crippen LogP contribution is 2.26. The summed E-state index contributed by atoms with van der Waals surface area (Å²) in [4.78, 5) is 14.1. The van der Waals surface area contributed by atoms with Gasteiger partial charge in [-0.25, -0.2) is 4.39 Å². The predicted molar refractivity (Wildman–Crippen MR) is 74.0 cm³/mol. The first-order valence-electron chi connectivity index (χ1n) is 7.16. The molecule has 2 saturated heterocycles. The summed E-state index contributed by atoms with van der Waals surface area (Å²) >= 11 is 0. The molecule has 0 bridgehead atoms. The van der Waals surface area contributed by atoms with E-state index in [-0.39, 0.29) is 30.0 Å². The minimum absolute atomic E-state index is 0.0264. The molecule has 0 spiro atoms. The second kappa shape index (κ2) is 6.09. The summed E-state index contributed by atoms with van der Waals surface area (Å²) in [7, 11) is 0. The quantitative estimate of drug-likeness (QED) is 0.906. The van der Waals surface area contributed by atoms with Crippen LogP contribution in [0.1, 0.15) is 18.7 Å². The van der Waals surface area contributed by atoms with E-state index < -0.39 is 0 Å². The summed E-state index contributed by atoms with van der Waals surface area (Å²) in [6.07, 6.45) is -0.364. The molecule has 2 aliphatic rings. The van der Waals surface area contributed by atoms with Crippen LogP contribution in [0.25, 0.3) is 0 Å². The maximum Gasteiger partial charge on any atom is 0.241 e. The van der Waals surface area contributed by atoms with Crippen LogP contribution >= 0.6 is 0 Å². The lowest BCUT2D eigenvalue weighted by Crippen LogP contribution is -2.42. The molecule has 0 aliphatic carbocycles. The van der Waals surface area contributed by atoms with Crippen LogP contribution in [0.2, 0.25) is 0 Å². The number of hydrogen-bond acceptors (Lipinski definition) is 4. The molecule has 1 aromatic rings. The summed E-state index contributed by atoms with van der Waals surface area (Å²) in [5, 5.41) is 3.24. The number of rotatable bonds is 3. The number of hydrogen-bond donors (Lipinski definition) is 1. The normalized spacial score (nSPS) is 29.9. The first-order valence-corrected chi connectivity index (χ1v) is 7.16. The molecule has 1 aromatic carbocycles. The Labute approximate surface area is 123 Å². The van der Waals surface area contributed by atoms with Crippen molar-refractivity contribution in [3.63, 3.8) is 0 Å². The minimum Gasteiger partial charge on any atom is -0.376 e. The second-order valence-corrected chi connectivity index (χ2v) is 5.40. The Hall–Kier alpha value is -1.50. The van der Waals surface area contributed by atoms with Crippen molar-refractivity contribution in [1.29, 1.82) is 0 Å². The molecule has 5 nitrogen and oxygen atoms in total. The van der Waals surface area contributed by atoms with Gasteiger partial charge in [-0.05, 0) is 24.6 Å². The third-order valence-electron chi connectivity index (χ3n) is 3.84. The molecule has 6 heteroatoms. The molecule has 0 saturated carbocycles. The van der Waals surface area contributed by atoms with E-state index in [1.54, 1.807) is 17.0 Å². The van der Waals surface area contributed by atoms with Gasteiger partial charge in [-0.1, -0.05) is 12.1 Å². The summed E-state index contributed by atoms with van der Waals surface area (Å²) in [5.74, 6) is -0.259. The fourth-order valence-electron chi connectivity index (χ4n) is 2.75. The van der Waals surface area contributed by atoms with Gasteiger partial charge in [-0.2, -0.15) is 0 Å². The zero-order chi connectivity index (χ0) is 14.8. The summed E-state index contributed by atoms with van der Waals surface area (Å²) in [6.45, 7) is 3.95. The van der Waals surface area contributed by atoms with E-state index in [0.717, 1.165) is 5.56 Å². The van der Waals surface area contributed by atoms with E-state index in [0.29, 0.717) is 26.4 Å². The lowest BCUT2D eigenvalue weighted by molar-refractivity contribution is -0.137. The maximum atomic E-state index is 13.1. The fourth-order valence-corrected chi connectivity index (χ4v) is 2.75. The Bertz CT molecular complexity index is 502. The van der Waals surface area contributed by atoms with Crippen LogP contribution in [0.15, 0.2) is 24.3 Å². The van der Waals surface area contributed by atoms with Gasteiger partial charge in [0.05, 0.1) is 38.5 Å². The van der Waals surface area contributed by atoms with Crippen molar-refractivity contribution in [3.05, 3.63) is 35.6 Å². The molecular formula is C15H19FN2O3. The van der Waals surface area contributed by atoms with Crippen molar-refractivity contribution in [2.24, 2.45) is 0 Å². The molecule has 3 unspecified atom stereocenters. The number of nitrogens with zero attached hydrogens (tertiary/aromatic N) is 1. The van der Waals surface area contributed by atoms with E-state index in [4.69, 9.17) is 9.47 Å². The van der Waals surface area contributed by atoms with Crippen LogP contribution in [-0.4, -0.2) is 49.3 Å². The van der Waals surface area contributed by atoms with Crippen molar-refractivity contribution in [2.45, 2.75) is 25.2 Å². The van der Waals surface area contributed by atoms with Gasteiger partial charge in [0.15, 0.2) is 0 Å². The number of carbonyl (C=O) groups is 1.